The second-order valence-corrected chi connectivity index (χ2v) is 23.6. The third kappa shape index (κ3) is 10.9. The van der Waals surface area contributed by atoms with E-state index in [1.807, 2.05) is 6.07 Å². The number of piperazine rings is 1. The van der Waals surface area contributed by atoms with Crippen molar-refractivity contribution >= 4 is 55.6 Å². The van der Waals surface area contributed by atoms with E-state index in [9.17, 15) is 28.4 Å². The summed E-state index contributed by atoms with van der Waals surface area (Å²) in [5, 5.41) is 26.8. The molecule has 396 valence electrons. The number of nitrogens with one attached hydrogen (secondary N) is 3. The van der Waals surface area contributed by atoms with E-state index in [1.165, 1.54) is 41.1 Å². The maximum Gasteiger partial charge on any atom is 0.293 e. The molecular formula is C56H65ClN8O9S. The number of amides is 1. The predicted molar refractivity (Wildman–Crippen MR) is 289 cm³/mol. The Morgan fingerprint density at radius 3 is 2.47 bits per heavy atom. The van der Waals surface area contributed by atoms with Crippen LogP contribution < -0.4 is 29.1 Å². The van der Waals surface area contributed by atoms with Gasteiger partial charge in [0.1, 0.15) is 27.7 Å². The Bertz CT molecular complexity index is 3220. The number of nitro groups is 1. The van der Waals surface area contributed by atoms with Gasteiger partial charge >= 0.3 is 0 Å². The van der Waals surface area contributed by atoms with E-state index in [2.05, 4.69) is 85.0 Å². The zero-order valence-electron chi connectivity index (χ0n) is 43.0. The summed E-state index contributed by atoms with van der Waals surface area (Å²) >= 11 is 6.46. The summed E-state index contributed by atoms with van der Waals surface area (Å²) in [5.74, 6) is 1.23. The smallest absolute Gasteiger partial charge is 0.293 e. The van der Waals surface area contributed by atoms with Crippen molar-refractivity contribution in [3.8, 4) is 23.0 Å². The lowest BCUT2D eigenvalue weighted by Crippen LogP contribution is -2.68. The number of hydrogen-bond donors (Lipinski definition) is 4. The van der Waals surface area contributed by atoms with Crippen molar-refractivity contribution in [1.82, 2.24) is 24.5 Å². The molecular weight excluding hydrogens is 996 g/mol. The molecule has 6 aromatic rings. The van der Waals surface area contributed by atoms with Crippen molar-refractivity contribution in [3.63, 3.8) is 0 Å². The number of H-pyrrole nitrogens is 1. The average Bonchev–Trinajstić information content (AvgIpc) is 3.74. The summed E-state index contributed by atoms with van der Waals surface area (Å²) in [4.78, 5) is 40.5. The molecule has 2 saturated heterocycles. The maximum atomic E-state index is 14.3. The number of aromatic amines is 1. The van der Waals surface area contributed by atoms with Crippen LogP contribution in [0, 0.1) is 21.4 Å². The summed E-state index contributed by atoms with van der Waals surface area (Å²) in [7, 11) is -1.38. The van der Waals surface area contributed by atoms with Crippen LogP contribution in [-0.4, -0.2) is 109 Å². The molecule has 2 aromatic heterocycles. The molecule has 0 bridgehead atoms. The molecule has 10 rings (SSSR count). The molecule has 1 spiro atoms. The first kappa shape index (κ1) is 52.0. The minimum atomic E-state index is -4.70. The summed E-state index contributed by atoms with van der Waals surface area (Å²) in [6.07, 6.45) is 7.62. The number of pyridine rings is 1. The number of aliphatic hydroxyl groups is 1. The number of hydrogen-bond acceptors (Lipinski definition) is 14. The number of benzene rings is 4. The largest absolute Gasteiger partial charge is 0.493 e. The number of nitrogens with zero attached hydrogens (tertiary/aromatic N) is 5. The number of aromatic nitrogens is 2. The summed E-state index contributed by atoms with van der Waals surface area (Å²) in [6, 6.07) is 26.2. The van der Waals surface area contributed by atoms with Gasteiger partial charge in [-0.2, -0.15) is 0 Å². The molecule has 2 aliphatic heterocycles. The normalized spacial score (nSPS) is 21.1. The van der Waals surface area contributed by atoms with E-state index in [4.69, 9.17) is 25.8 Å². The van der Waals surface area contributed by atoms with E-state index in [0.29, 0.717) is 59.4 Å². The van der Waals surface area contributed by atoms with Crippen LogP contribution in [0.4, 0.5) is 17.1 Å². The Kier molecular flexibility index (Phi) is 14.5. The number of sulfonamides is 1. The van der Waals surface area contributed by atoms with Gasteiger partial charge < -0.3 is 34.5 Å². The molecule has 0 radical (unpaired) electrons. The number of nitro benzene ring substituents is 1. The topological polar surface area (TPSA) is 205 Å². The molecule has 4 heterocycles. The molecule has 1 atom stereocenters. The number of halogens is 1. The Hall–Kier alpha value is -6.44. The summed E-state index contributed by atoms with van der Waals surface area (Å²) < 4.78 is 48.2. The SMILES string of the molecule is COc1ccc(CN2CCN(C3CC4(C3)CN(c3ccc(C(=O)NS(=O)(=O)c5cccc([N+](=O)[O-])c5NCC5CCC(C)(O)CC5)c(Oc5cnc6[nH]cc(Cl)c6c5)c3)C4)C(c3ccccc3C(C)C)C2)cc1OC. The summed E-state index contributed by atoms with van der Waals surface area (Å²) in [6.45, 7) is 11.7. The first-order valence-corrected chi connectivity index (χ1v) is 27.6. The number of carbonyl (C=O) groups excluding carboxylic acids is 1. The molecule has 2 saturated carbocycles. The van der Waals surface area contributed by atoms with Gasteiger partial charge in [0.05, 0.1) is 41.5 Å². The van der Waals surface area contributed by atoms with Gasteiger partial charge in [0.15, 0.2) is 11.5 Å². The molecule has 1 unspecified atom stereocenters. The van der Waals surface area contributed by atoms with Crippen LogP contribution in [0.2, 0.25) is 5.02 Å². The van der Waals surface area contributed by atoms with E-state index >= 15 is 0 Å². The van der Waals surface area contributed by atoms with Crippen LogP contribution in [0.5, 0.6) is 23.0 Å². The zero-order valence-corrected chi connectivity index (χ0v) is 44.5. The highest BCUT2D eigenvalue weighted by Crippen LogP contribution is 2.54. The lowest BCUT2D eigenvalue weighted by atomic mass is 9.59. The van der Waals surface area contributed by atoms with Gasteiger partial charge in [-0.3, -0.25) is 24.7 Å². The van der Waals surface area contributed by atoms with Gasteiger partial charge in [0.25, 0.3) is 21.6 Å². The third-order valence-corrected chi connectivity index (χ3v) is 17.6. The highest BCUT2D eigenvalue weighted by molar-refractivity contribution is 7.90. The van der Waals surface area contributed by atoms with E-state index < -0.39 is 37.0 Å². The van der Waals surface area contributed by atoms with Crippen molar-refractivity contribution < 1.29 is 37.5 Å². The van der Waals surface area contributed by atoms with Crippen LogP contribution in [-0.2, 0) is 16.6 Å². The molecule has 4 aromatic carbocycles. The van der Waals surface area contributed by atoms with Crippen LogP contribution >= 0.6 is 11.6 Å². The minimum Gasteiger partial charge on any atom is -0.493 e. The van der Waals surface area contributed by atoms with Crippen LogP contribution in [0.15, 0.2) is 102 Å². The molecule has 75 heavy (non-hydrogen) atoms. The Labute approximate surface area is 442 Å². The van der Waals surface area contributed by atoms with Gasteiger partial charge in [-0.1, -0.05) is 61.8 Å². The lowest BCUT2D eigenvalue weighted by molar-refractivity contribution is -0.384. The Morgan fingerprint density at radius 2 is 1.73 bits per heavy atom. The van der Waals surface area contributed by atoms with Crippen molar-refractivity contribution in [1.29, 1.82) is 0 Å². The van der Waals surface area contributed by atoms with Crippen molar-refractivity contribution in [2.45, 2.75) is 94.3 Å². The van der Waals surface area contributed by atoms with E-state index in [0.717, 1.165) is 63.5 Å². The molecule has 2 aliphatic carbocycles. The number of anilines is 2. The van der Waals surface area contributed by atoms with Gasteiger partial charge in [0, 0.05) is 92.7 Å². The zero-order chi connectivity index (χ0) is 52.8. The van der Waals surface area contributed by atoms with Crippen molar-refractivity contribution in [3.05, 3.63) is 135 Å². The molecule has 17 nitrogen and oxygen atoms in total. The van der Waals surface area contributed by atoms with Crippen molar-refractivity contribution in [2.24, 2.45) is 11.3 Å². The highest BCUT2D eigenvalue weighted by Gasteiger charge is 2.55. The van der Waals surface area contributed by atoms with Crippen LogP contribution in [0.3, 0.4) is 0 Å². The number of fused-ring (bicyclic) bond motifs is 1. The fourth-order valence-corrected chi connectivity index (χ4v) is 13.2. The maximum absolute atomic E-state index is 14.3. The molecule has 19 heteroatoms. The second-order valence-electron chi connectivity index (χ2n) is 21.5. The Balaban J connectivity index is 0.868. The number of rotatable bonds is 17. The number of carbonyl (C=O) groups is 1. The van der Waals surface area contributed by atoms with E-state index in [1.54, 1.807) is 51.6 Å². The van der Waals surface area contributed by atoms with Gasteiger partial charge in [0.2, 0.25) is 0 Å². The fraction of sp³-hybridized carbons (Fsp3) is 0.429. The monoisotopic (exact) mass is 1060 g/mol. The highest BCUT2D eigenvalue weighted by atomic mass is 35.5. The number of para-hydroxylation sites is 1. The van der Waals surface area contributed by atoms with Crippen LogP contribution in [0.25, 0.3) is 11.0 Å². The molecule has 4 N–H and O–H groups in total. The third-order valence-electron chi connectivity index (χ3n) is 15.9. The first-order valence-electron chi connectivity index (χ1n) is 25.7. The van der Waals surface area contributed by atoms with Gasteiger partial charge in [-0.25, -0.2) is 18.1 Å². The molecule has 4 aliphatic rings. The summed E-state index contributed by atoms with van der Waals surface area (Å²) in [5.41, 5.74) is 3.85. The van der Waals surface area contributed by atoms with E-state index in [-0.39, 0.29) is 46.7 Å². The second kappa shape index (κ2) is 20.9. The average molecular weight is 1060 g/mol. The number of methoxy groups -OCH3 is 2. The van der Waals surface area contributed by atoms with Crippen molar-refractivity contribution in [2.75, 3.05) is 63.7 Å². The first-order chi connectivity index (χ1) is 35.9. The van der Waals surface area contributed by atoms with Gasteiger partial charge in [-0.15, -0.1) is 0 Å². The minimum absolute atomic E-state index is 0.0458. The standard InChI is InChI=1S/C56H65ClN8O9S/c1-35(2)41-9-6-7-10-42(41)47-32-62(31-37-13-16-48(72-4)50(23-37)73-5)21-22-64(47)39-26-56(27-39)33-63(34-56)38-14-15-43(49(24-38)74-40-25-44-45(57)30-60-53(44)59-29-40)54(66)61-75(70,71)51-12-8-11-46(65(68)69)52(51)58-28-36-17-19-55(3,67)20-18-36/h6-16,23-25,29-30,35-36,39,47,58,67H,17-22,26-28,31-34H2,1-5H3,(H,59,60)(H,61,66). The predicted octanol–water partition coefficient (Wildman–Crippen LogP) is 10.1. The fourth-order valence-electron chi connectivity index (χ4n) is 11.8. The molecule has 4 fully saturated rings. The van der Waals surface area contributed by atoms with Crippen LogP contribution in [0.1, 0.15) is 98.3 Å². The lowest BCUT2D eigenvalue weighted by Gasteiger charge is -2.63. The van der Waals surface area contributed by atoms with Gasteiger partial charge in [-0.05, 0) is 110 Å². The molecule has 1 amide bonds. The Morgan fingerprint density at radius 1 is 0.973 bits per heavy atom. The quantitative estimate of drug-likeness (QED) is 0.0496. The number of ether oxygens (including phenoxy) is 3.